The number of sulfonamides is 1. The van der Waals surface area contributed by atoms with Crippen LogP contribution in [0, 0.1) is 0 Å². The third-order valence-electron chi connectivity index (χ3n) is 4.10. The standard InChI is InChI=1S/C19H20N4O5S/c1-23(2)29(25,26)16-10-6-14(7-11-16)18(24)20-19-22-21-17(28-19)12-13-4-8-15(27-3)9-5-13/h4-11H,12H2,1-3H3,(H,20,22,24). The van der Waals surface area contributed by atoms with Crippen molar-refractivity contribution < 1.29 is 22.4 Å². The summed E-state index contributed by atoms with van der Waals surface area (Å²) in [5, 5.41) is 10.2. The van der Waals surface area contributed by atoms with Crippen molar-refractivity contribution in [2.45, 2.75) is 11.3 Å². The highest BCUT2D eigenvalue weighted by molar-refractivity contribution is 7.89. The van der Waals surface area contributed by atoms with E-state index in [1.54, 1.807) is 7.11 Å². The molecule has 3 rings (SSSR count). The molecule has 9 nitrogen and oxygen atoms in total. The van der Waals surface area contributed by atoms with Crippen LogP contribution >= 0.6 is 0 Å². The minimum Gasteiger partial charge on any atom is -0.497 e. The number of benzene rings is 2. The summed E-state index contributed by atoms with van der Waals surface area (Å²) in [4.78, 5) is 12.4. The summed E-state index contributed by atoms with van der Waals surface area (Å²) in [6.07, 6.45) is 0.407. The first-order valence-electron chi connectivity index (χ1n) is 8.59. The molecule has 2 aromatic carbocycles. The third-order valence-corrected chi connectivity index (χ3v) is 5.93. The summed E-state index contributed by atoms with van der Waals surface area (Å²) < 4.78 is 35.8. The molecule has 152 valence electrons. The molecular weight excluding hydrogens is 396 g/mol. The van der Waals surface area contributed by atoms with E-state index in [4.69, 9.17) is 9.15 Å². The lowest BCUT2D eigenvalue weighted by atomic mass is 10.1. The van der Waals surface area contributed by atoms with Gasteiger partial charge in [-0.3, -0.25) is 10.1 Å². The zero-order valence-corrected chi connectivity index (χ0v) is 16.9. The number of methoxy groups -OCH3 is 1. The maximum atomic E-state index is 12.3. The summed E-state index contributed by atoms with van der Waals surface area (Å²) in [5.74, 6) is 0.605. The van der Waals surface area contributed by atoms with Gasteiger partial charge in [-0.1, -0.05) is 17.2 Å². The van der Waals surface area contributed by atoms with Crippen LogP contribution in [0.5, 0.6) is 5.75 Å². The van der Waals surface area contributed by atoms with Crippen molar-refractivity contribution in [3.8, 4) is 5.75 Å². The second-order valence-corrected chi connectivity index (χ2v) is 8.44. The lowest BCUT2D eigenvalue weighted by Gasteiger charge is -2.11. The van der Waals surface area contributed by atoms with E-state index >= 15 is 0 Å². The Bertz CT molecular complexity index is 1090. The highest BCUT2D eigenvalue weighted by atomic mass is 32.2. The number of hydrogen-bond acceptors (Lipinski definition) is 7. The van der Waals surface area contributed by atoms with Crippen molar-refractivity contribution in [1.29, 1.82) is 0 Å². The average Bonchev–Trinajstić information content (AvgIpc) is 3.15. The van der Waals surface area contributed by atoms with E-state index in [1.165, 1.54) is 38.4 Å². The maximum absolute atomic E-state index is 12.3. The summed E-state index contributed by atoms with van der Waals surface area (Å²) in [6, 6.07) is 12.9. The Morgan fingerprint density at radius 3 is 2.31 bits per heavy atom. The molecule has 1 amide bonds. The van der Waals surface area contributed by atoms with Gasteiger partial charge in [-0.25, -0.2) is 12.7 Å². The molecule has 0 radical (unpaired) electrons. The Hall–Kier alpha value is -3.24. The molecule has 0 spiro atoms. The number of carbonyl (C=O) groups is 1. The van der Waals surface area contributed by atoms with Crippen molar-refractivity contribution in [3.05, 3.63) is 65.5 Å². The SMILES string of the molecule is COc1ccc(Cc2nnc(NC(=O)c3ccc(S(=O)(=O)N(C)C)cc3)o2)cc1. The number of rotatable bonds is 7. The van der Waals surface area contributed by atoms with E-state index in [2.05, 4.69) is 15.5 Å². The smallest absolute Gasteiger partial charge is 0.322 e. The Labute approximate surface area is 168 Å². The first-order chi connectivity index (χ1) is 13.8. The normalized spacial score (nSPS) is 11.4. The number of anilines is 1. The lowest BCUT2D eigenvalue weighted by Crippen LogP contribution is -2.22. The minimum atomic E-state index is -3.56. The van der Waals surface area contributed by atoms with Crippen LogP contribution in [-0.2, 0) is 16.4 Å². The zero-order chi connectivity index (χ0) is 21.0. The second kappa shape index (κ2) is 8.41. The van der Waals surface area contributed by atoms with Crippen LogP contribution in [0.3, 0.4) is 0 Å². The number of nitrogens with zero attached hydrogens (tertiary/aromatic N) is 3. The molecule has 0 fully saturated rings. The molecule has 1 heterocycles. The van der Waals surface area contributed by atoms with E-state index in [1.807, 2.05) is 24.3 Å². The van der Waals surface area contributed by atoms with Gasteiger partial charge >= 0.3 is 6.01 Å². The molecule has 0 aliphatic heterocycles. The van der Waals surface area contributed by atoms with Crippen molar-refractivity contribution in [2.75, 3.05) is 26.5 Å². The van der Waals surface area contributed by atoms with Gasteiger partial charge in [0.25, 0.3) is 5.91 Å². The van der Waals surface area contributed by atoms with Gasteiger partial charge in [-0.15, -0.1) is 5.10 Å². The van der Waals surface area contributed by atoms with Gasteiger partial charge in [0.15, 0.2) is 0 Å². The number of amides is 1. The molecule has 10 heteroatoms. The van der Waals surface area contributed by atoms with Crippen molar-refractivity contribution in [1.82, 2.24) is 14.5 Å². The van der Waals surface area contributed by atoms with Gasteiger partial charge in [-0.2, -0.15) is 0 Å². The number of aromatic nitrogens is 2. The Morgan fingerprint density at radius 1 is 1.07 bits per heavy atom. The van der Waals surface area contributed by atoms with Crippen LogP contribution in [0.1, 0.15) is 21.8 Å². The molecule has 1 N–H and O–H groups in total. The fraction of sp³-hybridized carbons (Fsp3) is 0.211. The molecule has 0 bridgehead atoms. The summed E-state index contributed by atoms with van der Waals surface area (Å²) in [5.41, 5.74) is 1.21. The number of hydrogen-bond donors (Lipinski definition) is 1. The summed E-state index contributed by atoms with van der Waals surface area (Å²) in [6.45, 7) is 0. The van der Waals surface area contributed by atoms with E-state index in [-0.39, 0.29) is 16.5 Å². The van der Waals surface area contributed by atoms with Crippen LogP contribution in [0.15, 0.2) is 57.8 Å². The number of nitrogens with one attached hydrogen (secondary N) is 1. The number of ether oxygens (including phenoxy) is 1. The zero-order valence-electron chi connectivity index (χ0n) is 16.1. The Morgan fingerprint density at radius 2 is 1.72 bits per heavy atom. The average molecular weight is 416 g/mol. The van der Waals surface area contributed by atoms with E-state index in [0.29, 0.717) is 12.3 Å². The minimum absolute atomic E-state index is 0.0384. The van der Waals surface area contributed by atoms with Crippen LogP contribution in [0.25, 0.3) is 0 Å². The predicted octanol–water partition coefficient (Wildman–Crippen LogP) is 2.17. The highest BCUT2D eigenvalue weighted by Gasteiger charge is 2.18. The molecule has 1 aromatic heterocycles. The monoisotopic (exact) mass is 416 g/mol. The van der Waals surface area contributed by atoms with Crippen LogP contribution < -0.4 is 10.1 Å². The Balaban J connectivity index is 1.65. The molecule has 29 heavy (non-hydrogen) atoms. The predicted molar refractivity (Wildman–Crippen MR) is 105 cm³/mol. The van der Waals surface area contributed by atoms with Crippen LogP contribution in [-0.4, -0.2) is 50.0 Å². The summed E-state index contributed by atoms with van der Waals surface area (Å²) in [7, 11) is 0.917. The lowest BCUT2D eigenvalue weighted by molar-refractivity contribution is 0.102. The summed E-state index contributed by atoms with van der Waals surface area (Å²) >= 11 is 0. The Kier molecular flexibility index (Phi) is 5.95. The van der Waals surface area contributed by atoms with Gasteiger partial charge in [0, 0.05) is 19.7 Å². The molecular formula is C19H20N4O5S. The first-order valence-corrected chi connectivity index (χ1v) is 10.0. The van der Waals surface area contributed by atoms with Crippen LogP contribution in [0.4, 0.5) is 6.01 Å². The van der Waals surface area contributed by atoms with Gasteiger partial charge in [0.2, 0.25) is 15.9 Å². The van der Waals surface area contributed by atoms with E-state index < -0.39 is 15.9 Å². The third kappa shape index (κ3) is 4.79. The maximum Gasteiger partial charge on any atom is 0.322 e. The van der Waals surface area contributed by atoms with Crippen molar-refractivity contribution in [2.24, 2.45) is 0 Å². The highest BCUT2D eigenvalue weighted by Crippen LogP contribution is 2.17. The van der Waals surface area contributed by atoms with Gasteiger partial charge in [0.05, 0.1) is 18.4 Å². The van der Waals surface area contributed by atoms with E-state index in [0.717, 1.165) is 15.6 Å². The largest absolute Gasteiger partial charge is 0.497 e. The van der Waals surface area contributed by atoms with Gasteiger partial charge < -0.3 is 9.15 Å². The molecule has 0 aliphatic carbocycles. The fourth-order valence-corrected chi connectivity index (χ4v) is 3.35. The molecule has 0 aliphatic rings. The first kappa shape index (κ1) is 20.5. The van der Waals surface area contributed by atoms with Crippen molar-refractivity contribution in [3.63, 3.8) is 0 Å². The quantitative estimate of drug-likeness (QED) is 0.628. The molecule has 0 atom stereocenters. The second-order valence-electron chi connectivity index (χ2n) is 6.29. The molecule has 3 aromatic rings. The van der Waals surface area contributed by atoms with Gasteiger partial charge in [-0.05, 0) is 42.0 Å². The van der Waals surface area contributed by atoms with E-state index in [9.17, 15) is 13.2 Å². The molecule has 0 saturated carbocycles. The van der Waals surface area contributed by atoms with Crippen molar-refractivity contribution >= 4 is 21.9 Å². The molecule has 0 unspecified atom stereocenters. The van der Waals surface area contributed by atoms with Gasteiger partial charge in [0.1, 0.15) is 5.75 Å². The fourth-order valence-electron chi connectivity index (χ4n) is 2.45. The topological polar surface area (TPSA) is 115 Å². The number of carbonyl (C=O) groups excluding carboxylic acids is 1. The van der Waals surface area contributed by atoms with Crippen LogP contribution in [0.2, 0.25) is 0 Å². The molecule has 0 saturated heterocycles.